The largest absolute Gasteiger partial charge is 0.406 e. The molecule has 4 nitrogen and oxygen atoms in total. The van der Waals surface area contributed by atoms with Gasteiger partial charge in [-0.3, -0.25) is 4.79 Å². The van der Waals surface area contributed by atoms with Crippen LogP contribution in [-0.2, 0) is 6.54 Å². The molecule has 1 amide bonds. The number of rotatable bonds is 5. The standard InChI is InChI=1S/C12H17F3N2O2/c1-8(2)9(6-18)16-11(19)10-4-3-5-17(10)7-12(13,14)15/h3-5,8-9,18H,6-7H2,1-2H3,(H,16,19)/t9-/m1/s1. The molecule has 108 valence electrons. The van der Waals surface area contributed by atoms with Crippen LogP contribution in [0, 0.1) is 5.92 Å². The summed E-state index contributed by atoms with van der Waals surface area (Å²) < 4.78 is 37.8. The maximum Gasteiger partial charge on any atom is 0.406 e. The monoisotopic (exact) mass is 278 g/mol. The van der Waals surface area contributed by atoms with Gasteiger partial charge in [0.25, 0.3) is 5.91 Å². The van der Waals surface area contributed by atoms with E-state index >= 15 is 0 Å². The number of hydrogen-bond donors (Lipinski definition) is 2. The number of alkyl halides is 3. The van der Waals surface area contributed by atoms with Crippen LogP contribution in [0.5, 0.6) is 0 Å². The summed E-state index contributed by atoms with van der Waals surface area (Å²) in [5.41, 5.74) is -0.0728. The van der Waals surface area contributed by atoms with Crippen LogP contribution in [0.3, 0.4) is 0 Å². The Hall–Kier alpha value is -1.50. The molecule has 7 heteroatoms. The van der Waals surface area contributed by atoms with E-state index in [-0.39, 0.29) is 18.2 Å². The van der Waals surface area contributed by atoms with Crippen LogP contribution in [0.25, 0.3) is 0 Å². The summed E-state index contributed by atoms with van der Waals surface area (Å²) in [5, 5.41) is 11.6. The van der Waals surface area contributed by atoms with Gasteiger partial charge in [-0.2, -0.15) is 13.2 Å². The van der Waals surface area contributed by atoms with Crippen LogP contribution in [0.4, 0.5) is 13.2 Å². The molecule has 19 heavy (non-hydrogen) atoms. The molecule has 0 radical (unpaired) electrons. The highest BCUT2D eigenvalue weighted by molar-refractivity contribution is 5.93. The van der Waals surface area contributed by atoms with Gasteiger partial charge in [0.1, 0.15) is 12.2 Å². The molecule has 2 N–H and O–H groups in total. The molecule has 1 aromatic rings. The smallest absolute Gasteiger partial charge is 0.394 e. The van der Waals surface area contributed by atoms with Gasteiger partial charge in [0.15, 0.2) is 0 Å². The Morgan fingerprint density at radius 2 is 2.11 bits per heavy atom. The van der Waals surface area contributed by atoms with E-state index in [0.717, 1.165) is 4.57 Å². The van der Waals surface area contributed by atoms with Crippen LogP contribution in [0.1, 0.15) is 24.3 Å². The molecule has 0 aliphatic rings. The average Bonchev–Trinajstić information content (AvgIpc) is 2.70. The summed E-state index contributed by atoms with van der Waals surface area (Å²) in [6, 6.07) is 2.21. The molecule has 0 aliphatic carbocycles. The molecule has 0 fully saturated rings. The van der Waals surface area contributed by atoms with Gasteiger partial charge in [0.2, 0.25) is 0 Å². The number of amides is 1. The third kappa shape index (κ3) is 4.59. The van der Waals surface area contributed by atoms with Crippen molar-refractivity contribution in [3.05, 3.63) is 24.0 Å². The minimum Gasteiger partial charge on any atom is -0.394 e. The third-order valence-corrected chi connectivity index (χ3v) is 2.73. The summed E-state index contributed by atoms with van der Waals surface area (Å²) in [6.07, 6.45) is -3.19. The van der Waals surface area contributed by atoms with E-state index in [1.165, 1.54) is 18.3 Å². The maximum atomic E-state index is 12.3. The highest BCUT2D eigenvalue weighted by Crippen LogP contribution is 2.19. The van der Waals surface area contributed by atoms with E-state index in [0.29, 0.717) is 0 Å². The van der Waals surface area contributed by atoms with Crippen LogP contribution in [0.2, 0.25) is 0 Å². The molecule has 1 aromatic heterocycles. The van der Waals surface area contributed by atoms with E-state index in [1.807, 2.05) is 0 Å². The quantitative estimate of drug-likeness (QED) is 0.863. The number of nitrogens with one attached hydrogen (secondary N) is 1. The third-order valence-electron chi connectivity index (χ3n) is 2.73. The van der Waals surface area contributed by atoms with E-state index in [2.05, 4.69) is 5.32 Å². The number of aliphatic hydroxyl groups is 1. The van der Waals surface area contributed by atoms with Crippen molar-refractivity contribution in [3.8, 4) is 0 Å². The van der Waals surface area contributed by atoms with Crippen LogP contribution in [-0.4, -0.2) is 34.4 Å². The summed E-state index contributed by atoms with van der Waals surface area (Å²) in [5.74, 6) is -0.637. The summed E-state index contributed by atoms with van der Waals surface area (Å²) in [6.45, 7) is 2.13. The molecule has 0 saturated carbocycles. The lowest BCUT2D eigenvalue weighted by atomic mass is 10.1. The Kier molecular flexibility index (Phi) is 4.99. The fraction of sp³-hybridized carbons (Fsp3) is 0.583. The second-order valence-electron chi connectivity index (χ2n) is 4.64. The first kappa shape index (κ1) is 15.6. The van der Waals surface area contributed by atoms with Gasteiger partial charge < -0.3 is 15.0 Å². The number of hydrogen-bond acceptors (Lipinski definition) is 2. The molecular weight excluding hydrogens is 261 g/mol. The van der Waals surface area contributed by atoms with Gasteiger partial charge in [0, 0.05) is 6.20 Å². The molecule has 1 atom stereocenters. The minimum absolute atomic E-state index is 0.0139. The molecule has 0 aliphatic heterocycles. The Morgan fingerprint density at radius 3 is 2.58 bits per heavy atom. The number of halogens is 3. The minimum atomic E-state index is -4.39. The van der Waals surface area contributed by atoms with E-state index < -0.39 is 24.7 Å². The first-order valence-corrected chi connectivity index (χ1v) is 5.88. The zero-order chi connectivity index (χ0) is 14.6. The van der Waals surface area contributed by atoms with E-state index in [4.69, 9.17) is 5.11 Å². The van der Waals surface area contributed by atoms with Gasteiger partial charge in [0.05, 0.1) is 12.6 Å². The zero-order valence-electron chi connectivity index (χ0n) is 10.7. The van der Waals surface area contributed by atoms with Crippen molar-refractivity contribution in [3.63, 3.8) is 0 Å². The zero-order valence-corrected chi connectivity index (χ0v) is 10.7. The molecule has 0 aromatic carbocycles. The van der Waals surface area contributed by atoms with Gasteiger partial charge in [-0.15, -0.1) is 0 Å². The van der Waals surface area contributed by atoms with Gasteiger partial charge in [-0.25, -0.2) is 0 Å². The normalized spacial score (nSPS) is 13.6. The SMILES string of the molecule is CC(C)[C@@H](CO)NC(=O)c1cccn1CC(F)(F)F. The second-order valence-corrected chi connectivity index (χ2v) is 4.64. The van der Waals surface area contributed by atoms with Crippen LogP contribution >= 0.6 is 0 Å². The lowest BCUT2D eigenvalue weighted by Crippen LogP contribution is -2.42. The second kappa shape index (κ2) is 6.10. The van der Waals surface area contributed by atoms with Gasteiger partial charge in [-0.05, 0) is 18.1 Å². The van der Waals surface area contributed by atoms with Gasteiger partial charge >= 0.3 is 6.18 Å². The summed E-state index contributed by atoms with van der Waals surface area (Å²) in [4.78, 5) is 11.9. The van der Waals surface area contributed by atoms with E-state index in [9.17, 15) is 18.0 Å². The topological polar surface area (TPSA) is 54.3 Å². The number of nitrogens with zero attached hydrogens (tertiary/aromatic N) is 1. The van der Waals surface area contributed by atoms with Crippen LogP contribution in [0.15, 0.2) is 18.3 Å². The van der Waals surface area contributed by atoms with Gasteiger partial charge in [-0.1, -0.05) is 13.8 Å². The number of aromatic nitrogens is 1. The Morgan fingerprint density at radius 1 is 1.47 bits per heavy atom. The summed E-state index contributed by atoms with van der Waals surface area (Å²) in [7, 11) is 0. The molecule has 0 saturated heterocycles. The first-order chi connectivity index (χ1) is 8.74. The van der Waals surface area contributed by atoms with Crippen molar-refractivity contribution < 1.29 is 23.1 Å². The molecule has 0 bridgehead atoms. The fourth-order valence-electron chi connectivity index (χ4n) is 1.62. The lowest BCUT2D eigenvalue weighted by molar-refractivity contribution is -0.140. The molecule has 0 unspecified atom stereocenters. The highest BCUT2D eigenvalue weighted by atomic mass is 19.4. The van der Waals surface area contributed by atoms with Crippen molar-refractivity contribution >= 4 is 5.91 Å². The Balaban J connectivity index is 2.80. The Bertz CT molecular complexity index is 427. The van der Waals surface area contributed by atoms with E-state index in [1.54, 1.807) is 13.8 Å². The number of carbonyl (C=O) groups is 1. The summed E-state index contributed by atoms with van der Waals surface area (Å²) >= 11 is 0. The van der Waals surface area contributed by atoms with Crippen molar-refractivity contribution in [2.75, 3.05) is 6.61 Å². The van der Waals surface area contributed by atoms with Crippen molar-refractivity contribution in [1.82, 2.24) is 9.88 Å². The maximum absolute atomic E-state index is 12.3. The highest BCUT2D eigenvalue weighted by Gasteiger charge is 2.29. The average molecular weight is 278 g/mol. The molecule has 0 spiro atoms. The number of carbonyl (C=O) groups excluding carboxylic acids is 1. The molecular formula is C12H17F3N2O2. The predicted molar refractivity (Wildman–Crippen MR) is 63.7 cm³/mol. The first-order valence-electron chi connectivity index (χ1n) is 5.88. The van der Waals surface area contributed by atoms with Crippen molar-refractivity contribution in [2.45, 2.75) is 32.6 Å². The molecule has 1 heterocycles. The fourth-order valence-corrected chi connectivity index (χ4v) is 1.62. The molecule has 1 rings (SSSR count). The number of aliphatic hydroxyl groups excluding tert-OH is 1. The van der Waals surface area contributed by atoms with Crippen molar-refractivity contribution in [1.29, 1.82) is 0 Å². The lowest BCUT2D eigenvalue weighted by Gasteiger charge is -2.20. The van der Waals surface area contributed by atoms with Crippen molar-refractivity contribution in [2.24, 2.45) is 5.92 Å². The van der Waals surface area contributed by atoms with Crippen LogP contribution < -0.4 is 5.32 Å². The Labute approximate surface area is 109 Å². The predicted octanol–water partition coefficient (Wildman–Crippen LogP) is 1.80.